The van der Waals surface area contributed by atoms with Gasteiger partial charge in [-0.15, -0.1) is 0 Å². The van der Waals surface area contributed by atoms with E-state index in [0.29, 0.717) is 13.1 Å². The molecule has 1 rings (SSSR count). The number of carboxylic acids is 1. The highest BCUT2D eigenvalue weighted by molar-refractivity contribution is 5.84. The molecule has 1 unspecified atom stereocenters. The molecule has 1 fully saturated rings. The number of aliphatic hydroxyl groups excluding tert-OH is 1. The Bertz CT molecular complexity index is 343. The van der Waals surface area contributed by atoms with Crippen LogP contribution in [0.15, 0.2) is 0 Å². The SMILES string of the molecule is O=C(NCC(=O)N1CCNCC1)NCC(O)C(=O)O. The van der Waals surface area contributed by atoms with E-state index in [2.05, 4.69) is 16.0 Å². The zero-order valence-corrected chi connectivity index (χ0v) is 10.4. The van der Waals surface area contributed by atoms with E-state index in [4.69, 9.17) is 10.2 Å². The number of urea groups is 1. The standard InChI is InChI=1S/C10H18N4O5/c15-7(9(17)18)5-12-10(19)13-6-8(16)14-3-1-11-2-4-14/h7,11,15H,1-6H2,(H,17,18)(H2,12,13,19). The van der Waals surface area contributed by atoms with Crippen molar-refractivity contribution < 1.29 is 24.6 Å². The van der Waals surface area contributed by atoms with Gasteiger partial charge in [0.05, 0.1) is 13.1 Å². The van der Waals surface area contributed by atoms with Gasteiger partial charge in [0.25, 0.3) is 0 Å². The predicted octanol–water partition coefficient (Wildman–Crippen LogP) is -2.84. The maximum absolute atomic E-state index is 11.7. The fraction of sp³-hybridized carbons (Fsp3) is 0.700. The summed E-state index contributed by atoms with van der Waals surface area (Å²) in [6.45, 7) is 2.07. The monoisotopic (exact) mass is 274 g/mol. The van der Waals surface area contributed by atoms with Gasteiger partial charge in [0.1, 0.15) is 0 Å². The number of aliphatic hydroxyl groups is 1. The molecular weight excluding hydrogens is 256 g/mol. The van der Waals surface area contributed by atoms with Crippen LogP contribution in [0.3, 0.4) is 0 Å². The van der Waals surface area contributed by atoms with E-state index in [1.165, 1.54) is 0 Å². The summed E-state index contributed by atoms with van der Waals surface area (Å²) in [4.78, 5) is 34.8. The van der Waals surface area contributed by atoms with Gasteiger partial charge < -0.3 is 31.1 Å². The van der Waals surface area contributed by atoms with Crippen LogP contribution in [-0.2, 0) is 9.59 Å². The van der Waals surface area contributed by atoms with Crippen molar-refractivity contribution in [1.29, 1.82) is 0 Å². The molecule has 9 nitrogen and oxygen atoms in total. The minimum atomic E-state index is -1.66. The zero-order chi connectivity index (χ0) is 14.3. The summed E-state index contributed by atoms with van der Waals surface area (Å²) in [5, 5.41) is 24.9. The summed E-state index contributed by atoms with van der Waals surface area (Å²) in [7, 11) is 0. The summed E-state index contributed by atoms with van der Waals surface area (Å²) in [6, 6.07) is -0.691. The molecule has 0 spiro atoms. The van der Waals surface area contributed by atoms with Crippen LogP contribution < -0.4 is 16.0 Å². The van der Waals surface area contributed by atoms with Gasteiger partial charge in [0.2, 0.25) is 5.91 Å². The minimum Gasteiger partial charge on any atom is -0.479 e. The second-order valence-electron chi connectivity index (χ2n) is 4.05. The quantitative estimate of drug-likeness (QED) is 0.367. The van der Waals surface area contributed by atoms with Crippen molar-refractivity contribution in [1.82, 2.24) is 20.9 Å². The normalized spacial score (nSPS) is 16.6. The van der Waals surface area contributed by atoms with E-state index in [1.807, 2.05) is 0 Å². The van der Waals surface area contributed by atoms with Crippen LogP contribution in [0.1, 0.15) is 0 Å². The van der Waals surface area contributed by atoms with E-state index in [1.54, 1.807) is 4.90 Å². The molecule has 1 aliphatic rings. The number of rotatable bonds is 5. The van der Waals surface area contributed by atoms with Crippen LogP contribution in [0.25, 0.3) is 0 Å². The second kappa shape index (κ2) is 7.54. The Morgan fingerprint density at radius 3 is 2.42 bits per heavy atom. The smallest absolute Gasteiger partial charge is 0.334 e. The van der Waals surface area contributed by atoms with Crippen molar-refractivity contribution in [3.63, 3.8) is 0 Å². The van der Waals surface area contributed by atoms with E-state index >= 15 is 0 Å². The molecule has 0 radical (unpaired) electrons. The van der Waals surface area contributed by atoms with Crippen LogP contribution >= 0.6 is 0 Å². The van der Waals surface area contributed by atoms with Crippen molar-refractivity contribution >= 4 is 17.9 Å². The first kappa shape index (κ1) is 15.2. The highest BCUT2D eigenvalue weighted by atomic mass is 16.4. The van der Waals surface area contributed by atoms with Crippen molar-refractivity contribution in [2.75, 3.05) is 39.3 Å². The van der Waals surface area contributed by atoms with Gasteiger partial charge in [-0.1, -0.05) is 0 Å². The molecule has 19 heavy (non-hydrogen) atoms. The molecule has 0 aromatic rings. The summed E-state index contributed by atoms with van der Waals surface area (Å²) in [5.41, 5.74) is 0. The number of carbonyl (C=O) groups is 3. The largest absolute Gasteiger partial charge is 0.479 e. The third-order valence-electron chi connectivity index (χ3n) is 2.61. The lowest BCUT2D eigenvalue weighted by atomic mass is 10.3. The van der Waals surface area contributed by atoms with E-state index < -0.39 is 24.6 Å². The van der Waals surface area contributed by atoms with Gasteiger partial charge in [-0.05, 0) is 0 Å². The number of nitrogens with one attached hydrogen (secondary N) is 3. The number of hydrogen-bond acceptors (Lipinski definition) is 5. The molecule has 0 bridgehead atoms. The number of nitrogens with zero attached hydrogens (tertiary/aromatic N) is 1. The number of hydrogen-bond donors (Lipinski definition) is 5. The predicted molar refractivity (Wildman–Crippen MR) is 64.5 cm³/mol. The molecule has 3 amide bonds. The molecule has 0 aromatic heterocycles. The molecular formula is C10H18N4O5. The average molecular weight is 274 g/mol. The molecule has 9 heteroatoms. The fourth-order valence-corrected chi connectivity index (χ4v) is 1.52. The minimum absolute atomic E-state index is 0.158. The number of aliphatic carboxylic acids is 1. The lowest BCUT2D eigenvalue weighted by Crippen LogP contribution is -2.51. The maximum atomic E-state index is 11.7. The Kier molecular flexibility index (Phi) is 6.03. The summed E-state index contributed by atoms with van der Waals surface area (Å²) in [6.07, 6.45) is -1.66. The Hall–Kier alpha value is -1.87. The van der Waals surface area contributed by atoms with Gasteiger partial charge >= 0.3 is 12.0 Å². The van der Waals surface area contributed by atoms with Crippen molar-refractivity contribution in [3.8, 4) is 0 Å². The number of carbonyl (C=O) groups excluding carboxylic acids is 2. The van der Waals surface area contributed by atoms with Crippen molar-refractivity contribution in [2.24, 2.45) is 0 Å². The van der Waals surface area contributed by atoms with Crippen LogP contribution in [0.4, 0.5) is 4.79 Å². The van der Waals surface area contributed by atoms with Crippen LogP contribution in [0.2, 0.25) is 0 Å². The van der Waals surface area contributed by atoms with E-state index in [9.17, 15) is 14.4 Å². The third kappa shape index (κ3) is 5.53. The lowest BCUT2D eigenvalue weighted by molar-refractivity contribution is -0.146. The van der Waals surface area contributed by atoms with Gasteiger partial charge in [-0.25, -0.2) is 9.59 Å². The molecule has 0 aliphatic carbocycles. The van der Waals surface area contributed by atoms with Gasteiger partial charge in [-0.2, -0.15) is 0 Å². The first-order valence-corrected chi connectivity index (χ1v) is 5.91. The van der Waals surface area contributed by atoms with Gasteiger partial charge in [-0.3, -0.25) is 4.79 Å². The number of amides is 3. The molecule has 1 saturated heterocycles. The molecule has 108 valence electrons. The zero-order valence-electron chi connectivity index (χ0n) is 10.4. The van der Waals surface area contributed by atoms with Crippen LogP contribution in [-0.4, -0.2) is 78.4 Å². The number of carboxylic acid groups (broad SMARTS) is 1. The highest BCUT2D eigenvalue weighted by Gasteiger charge is 2.17. The lowest BCUT2D eigenvalue weighted by Gasteiger charge is -2.27. The van der Waals surface area contributed by atoms with Crippen molar-refractivity contribution in [3.05, 3.63) is 0 Å². The van der Waals surface area contributed by atoms with Crippen LogP contribution in [0, 0.1) is 0 Å². The Morgan fingerprint density at radius 1 is 1.21 bits per heavy atom. The summed E-state index contributed by atoms with van der Waals surface area (Å²) in [5.74, 6) is -1.62. The molecule has 5 N–H and O–H groups in total. The van der Waals surface area contributed by atoms with Crippen LogP contribution in [0.5, 0.6) is 0 Å². The van der Waals surface area contributed by atoms with Gasteiger partial charge in [0.15, 0.2) is 6.10 Å². The molecule has 1 atom stereocenters. The molecule has 0 saturated carbocycles. The molecule has 1 heterocycles. The summed E-state index contributed by atoms with van der Waals surface area (Å²) < 4.78 is 0. The average Bonchev–Trinajstić information content (AvgIpc) is 2.42. The first-order valence-electron chi connectivity index (χ1n) is 5.91. The maximum Gasteiger partial charge on any atom is 0.334 e. The Labute approximate surface area is 110 Å². The van der Waals surface area contributed by atoms with E-state index in [-0.39, 0.29) is 12.5 Å². The first-order chi connectivity index (χ1) is 9.00. The Morgan fingerprint density at radius 2 is 1.84 bits per heavy atom. The highest BCUT2D eigenvalue weighted by Crippen LogP contribution is 1.92. The second-order valence-corrected chi connectivity index (χ2v) is 4.05. The van der Waals surface area contributed by atoms with Crippen molar-refractivity contribution in [2.45, 2.75) is 6.10 Å². The Balaban J connectivity index is 2.18. The number of piperazine rings is 1. The molecule has 0 aromatic carbocycles. The fourth-order valence-electron chi connectivity index (χ4n) is 1.52. The van der Waals surface area contributed by atoms with Gasteiger partial charge in [0, 0.05) is 26.2 Å². The third-order valence-corrected chi connectivity index (χ3v) is 2.61. The topological polar surface area (TPSA) is 131 Å². The molecule has 1 aliphatic heterocycles. The summed E-state index contributed by atoms with van der Waals surface area (Å²) >= 11 is 0. The van der Waals surface area contributed by atoms with E-state index in [0.717, 1.165) is 13.1 Å².